The van der Waals surface area contributed by atoms with E-state index < -0.39 is 6.10 Å². The van der Waals surface area contributed by atoms with Crippen molar-refractivity contribution in [3.8, 4) is 0 Å². The highest BCUT2D eigenvalue weighted by molar-refractivity contribution is 6.21. The van der Waals surface area contributed by atoms with Crippen molar-refractivity contribution in [3.63, 3.8) is 0 Å². The van der Waals surface area contributed by atoms with Gasteiger partial charge in [-0.05, 0) is 24.3 Å². The molecule has 1 atom stereocenters. The van der Waals surface area contributed by atoms with Crippen LogP contribution < -0.4 is 4.90 Å². The molecule has 2 amide bonds. The van der Waals surface area contributed by atoms with E-state index in [9.17, 15) is 14.7 Å². The molecular weight excluding hydrogens is 344 g/mol. The summed E-state index contributed by atoms with van der Waals surface area (Å²) in [5.41, 5.74) is 0.831. The van der Waals surface area contributed by atoms with E-state index in [0.717, 1.165) is 36.9 Å². The highest BCUT2D eigenvalue weighted by atomic mass is 16.3. The number of aliphatic hydroxyl groups excluding tert-OH is 1. The molecule has 2 aliphatic heterocycles. The molecule has 4 rings (SSSR count). The molecule has 140 valence electrons. The molecule has 0 aliphatic carbocycles. The molecule has 2 aromatic rings. The van der Waals surface area contributed by atoms with Gasteiger partial charge < -0.3 is 10.0 Å². The van der Waals surface area contributed by atoms with Gasteiger partial charge in [0.15, 0.2) is 0 Å². The van der Waals surface area contributed by atoms with Gasteiger partial charge in [0.05, 0.1) is 23.8 Å². The first-order valence-electron chi connectivity index (χ1n) is 9.15. The zero-order valence-electron chi connectivity index (χ0n) is 15.0. The van der Waals surface area contributed by atoms with Crippen molar-refractivity contribution in [1.82, 2.24) is 14.8 Å². The van der Waals surface area contributed by atoms with Crippen LogP contribution in [-0.4, -0.2) is 77.1 Å². The molecule has 2 aliphatic rings. The summed E-state index contributed by atoms with van der Waals surface area (Å²) in [6.07, 6.45) is 1.02. The number of piperazine rings is 1. The molecule has 0 spiro atoms. The number of amides is 2. The van der Waals surface area contributed by atoms with Crippen molar-refractivity contribution in [2.24, 2.45) is 0 Å². The number of aromatic nitrogens is 1. The maximum atomic E-state index is 12.4. The van der Waals surface area contributed by atoms with Crippen molar-refractivity contribution < 1.29 is 14.7 Å². The summed E-state index contributed by atoms with van der Waals surface area (Å²) in [5.74, 6) is 0.313. The van der Waals surface area contributed by atoms with Crippen LogP contribution in [-0.2, 0) is 0 Å². The largest absolute Gasteiger partial charge is 0.390 e. The van der Waals surface area contributed by atoms with E-state index in [2.05, 4.69) is 14.8 Å². The van der Waals surface area contributed by atoms with Gasteiger partial charge in [-0.2, -0.15) is 0 Å². The smallest absolute Gasteiger partial charge is 0.261 e. The average Bonchev–Trinajstić information content (AvgIpc) is 2.94. The summed E-state index contributed by atoms with van der Waals surface area (Å²) >= 11 is 0. The molecule has 1 aromatic carbocycles. The lowest BCUT2D eigenvalue weighted by Gasteiger charge is -2.36. The summed E-state index contributed by atoms with van der Waals surface area (Å²) in [5, 5.41) is 10.4. The fraction of sp³-hybridized carbons (Fsp3) is 0.350. The number of nitrogens with zero attached hydrogens (tertiary/aromatic N) is 4. The number of carbonyl (C=O) groups excluding carboxylic acids is 2. The number of anilines is 1. The molecule has 1 saturated heterocycles. The Bertz CT molecular complexity index is 799. The first kappa shape index (κ1) is 17.6. The minimum atomic E-state index is -0.770. The van der Waals surface area contributed by atoms with Crippen molar-refractivity contribution in [2.75, 3.05) is 44.2 Å². The SMILES string of the molecule is O=C1c2ccccc2C(=O)N1CC(O)CN1CCN(c2ccccn2)CC1. The standard InChI is InChI=1S/C20H22N4O3/c25-15(14-24-19(26)16-5-1-2-6-17(16)20(24)27)13-22-9-11-23(12-10-22)18-7-3-4-8-21-18/h1-8,15,25H,9-14H2. The van der Waals surface area contributed by atoms with Gasteiger partial charge in [-0.15, -0.1) is 0 Å². The lowest BCUT2D eigenvalue weighted by molar-refractivity contribution is 0.0469. The Morgan fingerprint density at radius 1 is 0.889 bits per heavy atom. The van der Waals surface area contributed by atoms with E-state index in [0.29, 0.717) is 17.7 Å². The monoisotopic (exact) mass is 366 g/mol. The lowest BCUT2D eigenvalue weighted by atomic mass is 10.1. The Morgan fingerprint density at radius 2 is 1.52 bits per heavy atom. The number of hydrogen-bond acceptors (Lipinski definition) is 6. The van der Waals surface area contributed by atoms with Crippen LogP contribution in [0.5, 0.6) is 0 Å². The van der Waals surface area contributed by atoms with Gasteiger partial charge in [-0.3, -0.25) is 19.4 Å². The minimum Gasteiger partial charge on any atom is -0.390 e. The minimum absolute atomic E-state index is 0.0206. The van der Waals surface area contributed by atoms with Crippen LogP contribution in [0.2, 0.25) is 0 Å². The summed E-state index contributed by atoms with van der Waals surface area (Å²) in [6, 6.07) is 12.6. The molecule has 1 fully saturated rings. The fourth-order valence-electron chi connectivity index (χ4n) is 3.67. The first-order chi connectivity index (χ1) is 13.1. The van der Waals surface area contributed by atoms with Crippen LogP contribution >= 0.6 is 0 Å². The highest BCUT2D eigenvalue weighted by Crippen LogP contribution is 2.22. The van der Waals surface area contributed by atoms with Crippen LogP contribution in [0.1, 0.15) is 20.7 Å². The van der Waals surface area contributed by atoms with Crippen LogP contribution in [0, 0.1) is 0 Å². The van der Waals surface area contributed by atoms with Crippen molar-refractivity contribution in [2.45, 2.75) is 6.10 Å². The Morgan fingerprint density at radius 3 is 2.11 bits per heavy atom. The van der Waals surface area contributed by atoms with E-state index in [1.807, 2.05) is 18.2 Å². The van der Waals surface area contributed by atoms with E-state index in [1.54, 1.807) is 30.5 Å². The molecule has 1 N–H and O–H groups in total. The molecule has 0 radical (unpaired) electrons. The van der Waals surface area contributed by atoms with E-state index >= 15 is 0 Å². The topological polar surface area (TPSA) is 77.0 Å². The molecule has 1 unspecified atom stereocenters. The normalized spacial score (nSPS) is 18.7. The number of hydrogen-bond donors (Lipinski definition) is 1. The van der Waals surface area contributed by atoms with Crippen molar-refractivity contribution in [1.29, 1.82) is 0 Å². The molecule has 7 nitrogen and oxygen atoms in total. The van der Waals surface area contributed by atoms with Gasteiger partial charge in [0.1, 0.15) is 5.82 Å². The Hall–Kier alpha value is -2.77. The average molecular weight is 366 g/mol. The number of rotatable bonds is 5. The van der Waals surface area contributed by atoms with Gasteiger partial charge in [0, 0.05) is 38.9 Å². The number of imide groups is 1. The van der Waals surface area contributed by atoms with E-state index in [-0.39, 0.29) is 18.4 Å². The quantitative estimate of drug-likeness (QED) is 0.791. The van der Waals surface area contributed by atoms with Gasteiger partial charge in [-0.25, -0.2) is 4.98 Å². The number of fused-ring (bicyclic) bond motifs is 1. The summed E-state index contributed by atoms with van der Waals surface area (Å²) in [4.78, 5) is 34.7. The van der Waals surface area contributed by atoms with Gasteiger partial charge in [0.2, 0.25) is 0 Å². The zero-order chi connectivity index (χ0) is 18.8. The number of carbonyl (C=O) groups is 2. The van der Waals surface area contributed by atoms with Crippen LogP contribution in [0.15, 0.2) is 48.7 Å². The maximum Gasteiger partial charge on any atom is 0.261 e. The molecule has 0 bridgehead atoms. The third-order valence-corrected chi connectivity index (χ3v) is 5.09. The zero-order valence-corrected chi connectivity index (χ0v) is 15.0. The summed E-state index contributed by atoms with van der Waals surface area (Å²) in [7, 11) is 0. The number of benzene rings is 1. The predicted octanol–water partition coefficient (Wildman–Crippen LogP) is 0.861. The predicted molar refractivity (Wildman–Crippen MR) is 101 cm³/mol. The van der Waals surface area contributed by atoms with Crippen molar-refractivity contribution in [3.05, 3.63) is 59.8 Å². The fourth-order valence-corrected chi connectivity index (χ4v) is 3.67. The number of aliphatic hydroxyl groups is 1. The van der Waals surface area contributed by atoms with Crippen molar-refractivity contribution >= 4 is 17.6 Å². The second-order valence-electron chi connectivity index (χ2n) is 6.90. The summed E-state index contributed by atoms with van der Waals surface area (Å²) in [6.45, 7) is 3.72. The second-order valence-corrected chi connectivity index (χ2v) is 6.90. The van der Waals surface area contributed by atoms with E-state index in [1.165, 1.54) is 0 Å². The Balaban J connectivity index is 1.30. The van der Waals surface area contributed by atoms with Gasteiger partial charge >= 0.3 is 0 Å². The second kappa shape index (κ2) is 7.46. The molecule has 27 heavy (non-hydrogen) atoms. The van der Waals surface area contributed by atoms with Crippen LogP contribution in [0.4, 0.5) is 5.82 Å². The molecule has 3 heterocycles. The number of β-amino-alcohol motifs (C(OH)–C–C–N with tert-alkyl or cyclic N) is 1. The number of pyridine rings is 1. The van der Waals surface area contributed by atoms with Crippen LogP contribution in [0.3, 0.4) is 0 Å². The van der Waals surface area contributed by atoms with E-state index in [4.69, 9.17) is 0 Å². The third-order valence-electron chi connectivity index (χ3n) is 5.09. The first-order valence-corrected chi connectivity index (χ1v) is 9.15. The van der Waals surface area contributed by atoms with Gasteiger partial charge in [0.25, 0.3) is 11.8 Å². The molecule has 1 aromatic heterocycles. The lowest BCUT2D eigenvalue weighted by Crippen LogP contribution is -2.50. The van der Waals surface area contributed by atoms with Crippen LogP contribution in [0.25, 0.3) is 0 Å². The van der Waals surface area contributed by atoms with Gasteiger partial charge in [-0.1, -0.05) is 18.2 Å². The molecular formula is C20H22N4O3. The molecule has 7 heteroatoms. The molecule has 0 saturated carbocycles. The third kappa shape index (κ3) is 3.56. The summed E-state index contributed by atoms with van der Waals surface area (Å²) < 4.78 is 0. The maximum absolute atomic E-state index is 12.4. The Labute approximate surface area is 157 Å². The highest BCUT2D eigenvalue weighted by Gasteiger charge is 2.36. The Kier molecular flexibility index (Phi) is 4.87.